The van der Waals surface area contributed by atoms with Gasteiger partial charge in [0, 0.05) is 35.6 Å². The number of benzene rings is 1. The molecule has 100 valence electrons. The maximum absolute atomic E-state index is 8.94. The summed E-state index contributed by atoms with van der Waals surface area (Å²) in [7, 11) is 0. The zero-order valence-corrected chi connectivity index (χ0v) is 11.7. The maximum atomic E-state index is 8.94. The molecule has 1 heterocycles. The fourth-order valence-corrected chi connectivity index (χ4v) is 2.27. The molecule has 1 aromatic carbocycles. The summed E-state index contributed by atoms with van der Waals surface area (Å²) in [4.78, 5) is 4.10. The molecule has 2 aromatic rings. The molecule has 0 radical (unpaired) electrons. The fourth-order valence-electron chi connectivity index (χ4n) is 2.09. The van der Waals surface area contributed by atoms with Crippen LogP contribution in [0.25, 0.3) is 11.1 Å². The molecular weight excluding hydrogens is 270 g/mol. The Labute approximate surface area is 123 Å². The van der Waals surface area contributed by atoms with E-state index in [1.165, 1.54) is 12.8 Å². The van der Waals surface area contributed by atoms with Crippen molar-refractivity contribution >= 4 is 11.6 Å². The highest BCUT2D eigenvalue weighted by molar-refractivity contribution is 6.31. The van der Waals surface area contributed by atoms with Gasteiger partial charge in [-0.15, -0.1) is 0 Å². The molecule has 3 nitrogen and oxygen atoms in total. The zero-order valence-electron chi connectivity index (χ0n) is 10.9. The van der Waals surface area contributed by atoms with Gasteiger partial charge in [0.1, 0.15) is 6.07 Å². The Balaban J connectivity index is 1.88. The average molecular weight is 284 g/mol. The molecule has 1 aliphatic carbocycles. The van der Waals surface area contributed by atoms with Crippen molar-refractivity contribution in [1.82, 2.24) is 10.3 Å². The van der Waals surface area contributed by atoms with Gasteiger partial charge >= 0.3 is 0 Å². The second-order valence-corrected chi connectivity index (χ2v) is 5.44. The van der Waals surface area contributed by atoms with E-state index >= 15 is 0 Å². The van der Waals surface area contributed by atoms with Crippen LogP contribution in [0.2, 0.25) is 5.02 Å². The first-order valence-corrected chi connectivity index (χ1v) is 7.01. The molecule has 0 spiro atoms. The van der Waals surface area contributed by atoms with Gasteiger partial charge in [0.05, 0.1) is 5.56 Å². The van der Waals surface area contributed by atoms with Crippen LogP contribution >= 0.6 is 11.6 Å². The summed E-state index contributed by atoms with van der Waals surface area (Å²) in [5.74, 6) is 0. The normalized spacial score (nSPS) is 14.0. The lowest BCUT2D eigenvalue weighted by Gasteiger charge is -2.09. The van der Waals surface area contributed by atoms with E-state index in [2.05, 4.69) is 22.4 Å². The van der Waals surface area contributed by atoms with E-state index < -0.39 is 0 Å². The van der Waals surface area contributed by atoms with Crippen LogP contribution < -0.4 is 5.32 Å². The van der Waals surface area contributed by atoms with E-state index in [0.717, 1.165) is 28.3 Å². The average Bonchev–Trinajstić information content (AvgIpc) is 3.31. The van der Waals surface area contributed by atoms with Gasteiger partial charge in [-0.3, -0.25) is 4.98 Å². The third kappa shape index (κ3) is 2.98. The Morgan fingerprint density at radius 1 is 1.25 bits per heavy atom. The van der Waals surface area contributed by atoms with Crippen LogP contribution in [0.3, 0.4) is 0 Å². The maximum Gasteiger partial charge on any atom is 0.101 e. The first kappa shape index (κ1) is 13.1. The Morgan fingerprint density at radius 2 is 2.10 bits per heavy atom. The quantitative estimate of drug-likeness (QED) is 0.934. The predicted molar refractivity (Wildman–Crippen MR) is 79.3 cm³/mol. The number of aromatic nitrogens is 1. The third-order valence-corrected chi connectivity index (χ3v) is 3.77. The largest absolute Gasteiger partial charge is 0.310 e. The molecular formula is C16H14ClN3. The molecule has 1 aliphatic rings. The van der Waals surface area contributed by atoms with Crippen molar-refractivity contribution < 1.29 is 0 Å². The van der Waals surface area contributed by atoms with Crippen molar-refractivity contribution in [2.45, 2.75) is 25.4 Å². The van der Waals surface area contributed by atoms with Gasteiger partial charge in [0.15, 0.2) is 0 Å². The number of nitriles is 1. The summed E-state index contributed by atoms with van der Waals surface area (Å²) in [5.41, 5.74) is 3.62. The summed E-state index contributed by atoms with van der Waals surface area (Å²) in [6, 6.07) is 10.5. The lowest BCUT2D eigenvalue weighted by Crippen LogP contribution is -2.15. The molecule has 1 saturated carbocycles. The lowest BCUT2D eigenvalue weighted by atomic mass is 10.0. The van der Waals surface area contributed by atoms with E-state index in [1.54, 1.807) is 12.4 Å². The number of hydrogen-bond acceptors (Lipinski definition) is 3. The van der Waals surface area contributed by atoms with Gasteiger partial charge in [-0.1, -0.05) is 17.7 Å². The van der Waals surface area contributed by atoms with Crippen LogP contribution in [0, 0.1) is 11.3 Å². The van der Waals surface area contributed by atoms with Crippen LogP contribution in [-0.4, -0.2) is 11.0 Å². The Hall–Kier alpha value is -1.89. The molecule has 0 atom stereocenters. The van der Waals surface area contributed by atoms with Crippen molar-refractivity contribution in [1.29, 1.82) is 5.26 Å². The van der Waals surface area contributed by atoms with Gasteiger partial charge in [0.2, 0.25) is 0 Å². The zero-order chi connectivity index (χ0) is 13.9. The first-order chi connectivity index (χ1) is 9.76. The highest BCUT2D eigenvalue weighted by Crippen LogP contribution is 2.26. The van der Waals surface area contributed by atoms with Crippen LogP contribution in [0.15, 0.2) is 36.7 Å². The van der Waals surface area contributed by atoms with Crippen molar-refractivity contribution in [3.63, 3.8) is 0 Å². The molecule has 0 bridgehead atoms. The SMILES string of the molecule is N#Cc1cncc(-c2ccc(Cl)c(CNC3CC3)c2)c1. The molecule has 0 aliphatic heterocycles. The van der Waals surface area contributed by atoms with Gasteiger partial charge in [0.25, 0.3) is 0 Å². The first-order valence-electron chi connectivity index (χ1n) is 6.63. The van der Waals surface area contributed by atoms with E-state index in [4.69, 9.17) is 16.9 Å². The lowest BCUT2D eigenvalue weighted by molar-refractivity contribution is 0.688. The molecule has 3 rings (SSSR count). The van der Waals surface area contributed by atoms with Crippen LogP contribution in [0.5, 0.6) is 0 Å². The van der Waals surface area contributed by atoms with Crippen molar-refractivity contribution in [3.05, 3.63) is 52.8 Å². The van der Waals surface area contributed by atoms with E-state index in [1.807, 2.05) is 18.2 Å². The number of pyridine rings is 1. The highest BCUT2D eigenvalue weighted by Gasteiger charge is 2.20. The van der Waals surface area contributed by atoms with E-state index in [9.17, 15) is 0 Å². The standard InChI is InChI=1S/C16H14ClN3/c17-16-4-1-12(6-14(16)10-20-15-2-3-15)13-5-11(7-18)8-19-9-13/h1,4-6,8-9,15,20H,2-3,10H2. The topological polar surface area (TPSA) is 48.7 Å². The smallest absolute Gasteiger partial charge is 0.101 e. The minimum atomic E-state index is 0.565. The molecule has 1 fully saturated rings. The van der Waals surface area contributed by atoms with Gasteiger partial charge in [-0.2, -0.15) is 5.26 Å². The minimum absolute atomic E-state index is 0.565. The summed E-state index contributed by atoms with van der Waals surface area (Å²) in [5, 5.41) is 13.2. The van der Waals surface area contributed by atoms with Gasteiger partial charge in [-0.05, 0) is 42.2 Å². The Bertz CT molecular complexity index is 672. The number of nitrogens with zero attached hydrogens (tertiary/aromatic N) is 2. The van der Waals surface area contributed by atoms with Crippen molar-refractivity contribution in [2.75, 3.05) is 0 Å². The molecule has 1 N–H and O–H groups in total. The van der Waals surface area contributed by atoms with Crippen molar-refractivity contribution in [3.8, 4) is 17.2 Å². The van der Waals surface area contributed by atoms with E-state index in [-0.39, 0.29) is 0 Å². The van der Waals surface area contributed by atoms with Crippen LogP contribution in [0.1, 0.15) is 24.0 Å². The number of halogens is 1. The minimum Gasteiger partial charge on any atom is -0.310 e. The summed E-state index contributed by atoms with van der Waals surface area (Å²) < 4.78 is 0. The fraction of sp³-hybridized carbons (Fsp3) is 0.250. The Kier molecular flexibility index (Phi) is 3.68. The van der Waals surface area contributed by atoms with Crippen molar-refractivity contribution in [2.24, 2.45) is 0 Å². The predicted octanol–water partition coefficient (Wildman–Crippen LogP) is 3.53. The van der Waals surface area contributed by atoms with Crippen LogP contribution in [-0.2, 0) is 6.54 Å². The highest BCUT2D eigenvalue weighted by atomic mass is 35.5. The molecule has 1 aromatic heterocycles. The molecule has 0 saturated heterocycles. The number of nitrogens with one attached hydrogen (secondary N) is 1. The van der Waals surface area contributed by atoms with E-state index in [0.29, 0.717) is 11.6 Å². The molecule has 20 heavy (non-hydrogen) atoms. The molecule has 0 unspecified atom stereocenters. The Morgan fingerprint density at radius 3 is 2.85 bits per heavy atom. The third-order valence-electron chi connectivity index (χ3n) is 3.40. The number of hydrogen-bond donors (Lipinski definition) is 1. The van der Waals surface area contributed by atoms with Gasteiger partial charge < -0.3 is 5.32 Å². The summed E-state index contributed by atoms with van der Waals surface area (Å²) in [6.45, 7) is 0.780. The molecule has 4 heteroatoms. The second-order valence-electron chi connectivity index (χ2n) is 5.04. The monoisotopic (exact) mass is 283 g/mol. The second kappa shape index (κ2) is 5.62. The van der Waals surface area contributed by atoms with Gasteiger partial charge in [-0.25, -0.2) is 0 Å². The summed E-state index contributed by atoms with van der Waals surface area (Å²) in [6.07, 6.45) is 5.84. The van der Waals surface area contributed by atoms with Crippen LogP contribution in [0.4, 0.5) is 0 Å². The molecule has 0 amide bonds. The number of rotatable bonds is 4. The summed E-state index contributed by atoms with van der Waals surface area (Å²) >= 11 is 6.24.